The Balaban J connectivity index is 1.84. The maximum atomic E-state index is 12.4. The maximum Gasteiger partial charge on any atom is 0.251 e. The molecule has 0 spiro atoms. The van der Waals surface area contributed by atoms with Crippen LogP contribution in [0.5, 0.6) is 0 Å². The Bertz CT molecular complexity index is 1120. The highest BCUT2D eigenvalue weighted by Gasteiger charge is 2.21. The van der Waals surface area contributed by atoms with Gasteiger partial charge in [0.05, 0.1) is 23.7 Å². The van der Waals surface area contributed by atoms with Crippen molar-refractivity contribution in [2.75, 3.05) is 5.32 Å². The number of hydrogen-bond acceptors (Lipinski definition) is 6. The summed E-state index contributed by atoms with van der Waals surface area (Å²) in [4.78, 5) is 33.2. The van der Waals surface area contributed by atoms with Gasteiger partial charge < -0.3 is 16.4 Å². The van der Waals surface area contributed by atoms with E-state index in [0.29, 0.717) is 28.3 Å². The van der Waals surface area contributed by atoms with E-state index in [9.17, 15) is 9.59 Å². The minimum Gasteiger partial charge on any atom is -0.368 e. The summed E-state index contributed by atoms with van der Waals surface area (Å²) in [5.74, 6) is 0.0768. The summed E-state index contributed by atoms with van der Waals surface area (Å²) in [6.45, 7) is 3.89. The number of nitrogens with two attached hydrogens (primary N) is 1. The third kappa shape index (κ3) is 4.70. The topological polar surface area (TPSA) is 134 Å². The van der Waals surface area contributed by atoms with Crippen LogP contribution in [0.3, 0.4) is 0 Å². The van der Waals surface area contributed by atoms with E-state index in [1.54, 1.807) is 24.3 Å². The molecule has 0 saturated heterocycles. The lowest BCUT2D eigenvalue weighted by Gasteiger charge is -2.21. The number of hydrogen-bond donors (Lipinski definition) is 3. The predicted molar refractivity (Wildman–Crippen MR) is 113 cm³/mol. The van der Waals surface area contributed by atoms with Crippen molar-refractivity contribution in [2.45, 2.75) is 26.4 Å². The Hall–Kier alpha value is -3.99. The molecular weight excluding hydrogens is 380 g/mol. The van der Waals surface area contributed by atoms with E-state index in [1.165, 1.54) is 0 Å². The lowest BCUT2D eigenvalue weighted by atomic mass is 10.0. The number of fused-ring (bicyclic) bond motifs is 1. The highest BCUT2D eigenvalue weighted by Crippen LogP contribution is 2.22. The number of amides is 2. The molecular formula is C22H22N6O2. The van der Waals surface area contributed by atoms with Crippen molar-refractivity contribution in [1.29, 1.82) is 5.26 Å². The van der Waals surface area contributed by atoms with Crippen LogP contribution >= 0.6 is 0 Å². The number of nitrogens with one attached hydrogen (secondary N) is 2. The summed E-state index contributed by atoms with van der Waals surface area (Å²) in [5.41, 5.74) is 7.13. The van der Waals surface area contributed by atoms with Gasteiger partial charge in [-0.1, -0.05) is 26.0 Å². The summed E-state index contributed by atoms with van der Waals surface area (Å²) >= 11 is 0. The molecule has 1 aromatic heterocycles. The van der Waals surface area contributed by atoms with Crippen LogP contribution in [0.1, 0.15) is 35.6 Å². The lowest BCUT2D eigenvalue weighted by molar-refractivity contribution is -0.119. The molecule has 3 aromatic rings. The fourth-order valence-corrected chi connectivity index (χ4v) is 2.98. The van der Waals surface area contributed by atoms with Gasteiger partial charge in [-0.25, -0.2) is 9.97 Å². The number of nitriles is 1. The molecule has 0 bridgehead atoms. The number of anilines is 1. The largest absolute Gasteiger partial charge is 0.368 e. The molecule has 152 valence electrons. The number of benzene rings is 2. The zero-order valence-corrected chi connectivity index (χ0v) is 16.7. The number of aromatic nitrogens is 2. The fourth-order valence-electron chi connectivity index (χ4n) is 2.98. The third-order valence-electron chi connectivity index (χ3n) is 4.60. The van der Waals surface area contributed by atoms with E-state index < -0.39 is 11.9 Å². The molecule has 0 aliphatic carbocycles. The zero-order chi connectivity index (χ0) is 21.7. The summed E-state index contributed by atoms with van der Waals surface area (Å²) < 4.78 is 0. The number of carbonyl (C=O) groups is 2. The van der Waals surface area contributed by atoms with E-state index in [-0.39, 0.29) is 18.4 Å². The maximum absolute atomic E-state index is 12.4. The molecule has 2 aromatic carbocycles. The second kappa shape index (κ2) is 9.01. The van der Waals surface area contributed by atoms with Gasteiger partial charge in [-0.3, -0.25) is 9.59 Å². The lowest BCUT2D eigenvalue weighted by Crippen LogP contribution is -2.40. The first-order chi connectivity index (χ1) is 14.4. The van der Waals surface area contributed by atoms with Gasteiger partial charge in [-0.05, 0) is 42.3 Å². The van der Waals surface area contributed by atoms with E-state index in [4.69, 9.17) is 11.0 Å². The standard InChI is InChI=1S/C22H22N6O2/c1-13(2)19(20(24)29)28-21-16-5-3-4-6-17(16)26-18(27-21)12-25-22(30)15-9-7-14(11-23)8-10-15/h3-10,13,19H,12H2,1-2H3,(H2,24,29)(H,25,30)(H,26,27,28)/t19-/m0/s1. The van der Waals surface area contributed by atoms with E-state index in [1.807, 2.05) is 44.2 Å². The molecule has 2 amide bonds. The Morgan fingerprint density at radius 3 is 2.43 bits per heavy atom. The first-order valence-corrected chi connectivity index (χ1v) is 9.49. The van der Waals surface area contributed by atoms with Crippen molar-refractivity contribution in [1.82, 2.24) is 15.3 Å². The fraction of sp³-hybridized carbons (Fsp3) is 0.227. The van der Waals surface area contributed by atoms with Crippen LogP contribution in [0.4, 0.5) is 5.82 Å². The van der Waals surface area contributed by atoms with Crippen molar-refractivity contribution in [3.8, 4) is 6.07 Å². The quantitative estimate of drug-likeness (QED) is 0.555. The molecule has 3 rings (SSSR count). The summed E-state index contributed by atoms with van der Waals surface area (Å²) in [5, 5.41) is 15.5. The van der Waals surface area contributed by atoms with Gasteiger partial charge in [-0.15, -0.1) is 0 Å². The molecule has 0 radical (unpaired) electrons. The van der Waals surface area contributed by atoms with Crippen molar-refractivity contribution >= 4 is 28.5 Å². The molecule has 8 nitrogen and oxygen atoms in total. The average Bonchev–Trinajstić information content (AvgIpc) is 2.75. The molecule has 1 atom stereocenters. The van der Waals surface area contributed by atoms with E-state index >= 15 is 0 Å². The number of rotatable bonds is 7. The van der Waals surface area contributed by atoms with Crippen LogP contribution in [0, 0.1) is 17.2 Å². The summed E-state index contributed by atoms with van der Waals surface area (Å²) in [6.07, 6.45) is 0. The zero-order valence-electron chi connectivity index (χ0n) is 16.7. The molecule has 0 saturated carbocycles. The molecule has 8 heteroatoms. The summed E-state index contributed by atoms with van der Waals surface area (Å²) in [7, 11) is 0. The predicted octanol–water partition coefficient (Wildman–Crippen LogP) is 2.35. The van der Waals surface area contributed by atoms with Gasteiger partial charge in [0, 0.05) is 10.9 Å². The van der Waals surface area contributed by atoms with Crippen LogP contribution < -0.4 is 16.4 Å². The monoisotopic (exact) mass is 402 g/mol. The van der Waals surface area contributed by atoms with Crippen LogP contribution in [0.2, 0.25) is 0 Å². The first-order valence-electron chi connectivity index (χ1n) is 9.49. The van der Waals surface area contributed by atoms with E-state index in [2.05, 4.69) is 20.6 Å². The van der Waals surface area contributed by atoms with Gasteiger partial charge >= 0.3 is 0 Å². The van der Waals surface area contributed by atoms with Gasteiger partial charge in [0.1, 0.15) is 11.9 Å². The Labute approximate surface area is 174 Å². The summed E-state index contributed by atoms with van der Waals surface area (Å²) in [6, 6.07) is 15.2. The van der Waals surface area contributed by atoms with Crippen molar-refractivity contribution in [3.05, 3.63) is 65.5 Å². The SMILES string of the molecule is CC(C)[C@H](Nc1nc(CNC(=O)c2ccc(C#N)cc2)nc2ccccc12)C(N)=O. The van der Waals surface area contributed by atoms with Crippen LogP contribution in [0.25, 0.3) is 10.9 Å². The Kier molecular flexibility index (Phi) is 6.23. The minimum atomic E-state index is -0.593. The molecule has 0 fully saturated rings. The van der Waals surface area contributed by atoms with Crippen LogP contribution in [-0.4, -0.2) is 27.8 Å². The van der Waals surface area contributed by atoms with Gasteiger partial charge in [0.25, 0.3) is 5.91 Å². The highest BCUT2D eigenvalue weighted by molar-refractivity contribution is 5.94. The molecule has 0 unspecified atom stereocenters. The molecule has 0 aliphatic heterocycles. The smallest absolute Gasteiger partial charge is 0.251 e. The number of para-hydroxylation sites is 1. The van der Waals surface area contributed by atoms with Crippen LogP contribution in [0.15, 0.2) is 48.5 Å². The van der Waals surface area contributed by atoms with Crippen molar-refractivity contribution < 1.29 is 9.59 Å². The molecule has 30 heavy (non-hydrogen) atoms. The first kappa shape index (κ1) is 20.7. The average molecular weight is 402 g/mol. The van der Waals surface area contributed by atoms with Gasteiger partial charge in [0.15, 0.2) is 5.82 Å². The van der Waals surface area contributed by atoms with Crippen LogP contribution in [-0.2, 0) is 11.3 Å². The second-order valence-corrected chi connectivity index (χ2v) is 7.15. The number of nitrogens with zero attached hydrogens (tertiary/aromatic N) is 3. The highest BCUT2D eigenvalue weighted by atomic mass is 16.2. The van der Waals surface area contributed by atoms with Crippen molar-refractivity contribution in [3.63, 3.8) is 0 Å². The molecule has 4 N–H and O–H groups in total. The minimum absolute atomic E-state index is 0.0317. The van der Waals surface area contributed by atoms with Crippen molar-refractivity contribution in [2.24, 2.45) is 11.7 Å². The third-order valence-corrected chi connectivity index (χ3v) is 4.60. The second-order valence-electron chi connectivity index (χ2n) is 7.15. The molecule has 1 heterocycles. The van der Waals surface area contributed by atoms with Gasteiger partial charge in [-0.2, -0.15) is 5.26 Å². The molecule has 0 aliphatic rings. The normalized spacial score (nSPS) is 11.7. The Morgan fingerprint density at radius 2 is 1.80 bits per heavy atom. The number of carbonyl (C=O) groups excluding carboxylic acids is 2. The van der Waals surface area contributed by atoms with Gasteiger partial charge in [0.2, 0.25) is 5.91 Å². The number of primary amides is 1. The Morgan fingerprint density at radius 1 is 1.10 bits per heavy atom. The van der Waals surface area contributed by atoms with E-state index in [0.717, 1.165) is 5.39 Å².